The predicted octanol–water partition coefficient (Wildman–Crippen LogP) is 3.93. The highest BCUT2D eigenvalue weighted by Crippen LogP contribution is 2.33. The summed E-state index contributed by atoms with van der Waals surface area (Å²) < 4.78 is 24.1. The van der Waals surface area contributed by atoms with Gasteiger partial charge in [0.25, 0.3) is 0 Å². The van der Waals surface area contributed by atoms with Crippen molar-refractivity contribution in [3.8, 4) is 17.5 Å². The number of pyridine rings is 1. The molecule has 0 saturated heterocycles. The lowest BCUT2D eigenvalue weighted by molar-refractivity contribution is -0.170. The number of halogens is 2. The zero-order valence-corrected chi connectivity index (χ0v) is 25.3. The van der Waals surface area contributed by atoms with Crippen LogP contribution in [-0.2, 0) is 39.9 Å². The number of carbonyl (C=O) groups is 3. The number of thiazole rings is 1. The lowest BCUT2D eigenvalue weighted by Gasteiger charge is -2.32. The largest absolute Gasteiger partial charge is 0.463 e. The van der Waals surface area contributed by atoms with E-state index < -0.39 is 41.7 Å². The first-order chi connectivity index (χ1) is 19.4. The molecule has 41 heavy (non-hydrogen) atoms. The number of hydrogen-bond acceptors (Lipinski definition) is 14. The minimum atomic E-state index is -1.08. The molecule has 218 valence electrons. The van der Waals surface area contributed by atoms with E-state index in [0.717, 1.165) is 11.8 Å². The molecule has 0 saturated carbocycles. The van der Waals surface area contributed by atoms with Gasteiger partial charge in [0.15, 0.2) is 16.3 Å². The molecule has 3 rings (SSSR count). The third-order valence-corrected chi connectivity index (χ3v) is 7.47. The van der Waals surface area contributed by atoms with Gasteiger partial charge in [-0.3, -0.25) is 14.4 Å². The van der Waals surface area contributed by atoms with Crippen LogP contribution >= 0.6 is 46.3 Å². The number of ether oxygens (including phenoxy) is 4. The van der Waals surface area contributed by atoms with Gasteiger partial charge in [-0.05, 0) is 13.0 Å². The molecule has 0 aromatic carbocycles. The minimum absolute atomic E-state index is 0.0441. The smallest absolute Gasteiger partial charge is 0.303 e. The molecule has 3 aromatic rings. The summed E-state index contributed by atoms with van der Waals surface area (Å²) in [5.74, 6) is -1.81. The Labute approximate surface area is 253 Å². The molecular formula is C24H24Cl2N6O7S2. The lowest BCUT2D eigenvalue weighted by atomic mass is 10.2. The Morgan fingerprint density at radius 2 is 1.85 bits per heavy atom. The summed E-state index contributed by atoms with van der Waals surface area (Å²) >= 11 is 14.3. The van der Waals surface area contributed by atoms with Gasteiger partial charge in [-0.2, -0.15) is 5.26 Å². The molecule has 13 nitrogen and oxygen atoms in total. The van der Waals surface area contributed by atoms with Crippen LogP contribution in [0, 0.1) is 11.3 Å². The molecule has 4 atom stereocenters. The van der Waals surface area contributed by atoms with Gasteiger partial charge in [0.2, 0.25) is 0 Å². The highest BCUT2D eigenvalue weighted by atomic mass is 35.5. The standard InChI is InChI=1S/C24H24Cl2N6O7S2/c1-12(37-14(3)34)21(10-36-13(2)33)39-23(41-22-5-16(25)7-28-17(22)6-27)20(38-15(4)35)9-32-8-18(30-31-32)19-11-40-24(26)29-19/h5,7-8,11-12,20-21,23H,9-10H2,1-4H3/t12-,20+,21?,23?/m1/s1. The van der Waals surface area contributed by atoms with Crippen molar-refractivity contribution in [3.05, 3.63) is 39.0 Å². The molecule has 0 amide bonds. The highest BCUT2D eigenvalue weighted by Gasteiger charge is 2.34. The van der Waals surface area contributed by atoms with Crippen LogP contribution in [0.3, 0.4) is 0 Å². The highest BCUT2D eigenvalue weighted by molar-refractivity contribution is 7.99. The molecular weight excluding hydrogens is 619 g/mol. The van der Waals surface area contributed by atoms with Crippen LogP contribution in [0.4, 0.5) is 0 Å². The fraction of sp³-hybridized carbons (Fsp3) is 0.417. The number of thioether (sulfide) groups is 1. The van der Waals surface area contributed by atoms with Crippen molar-refractivity contribution in [3.63, 3.8) is 0 Å². The maximum absolute atomic E-state index is 12.2. The van der Waals surface area contributed by atoms with E-state index >= 15 is 0 Å². The SMILES string of the molecule is CC(=O)OCC(OC(Sc1cc(Cl)cnc1C#N)[C@H](Cn1cc(-c2csc(Cl)n2)nn1)OC(C)=O)[C@@H](C)OC(C)=O. The van der Waals surface area contributed by atoms with Crippen LogP contribution in [0.25, 0.3) is 11.4 Å². The van der Waals surface area contributed by atoms with Crippen LogP contribution in [0.1, 0.15) is 33.4 Å². The van der Waals surface area contributed by atoms with Crippen molar-refractivity contribution < 1.29 is 33.3 Å². The summed E-state index contributed by atoms with van der Waals surface area (Å²) in [7, 11) is 0. The lowest BCUT2D eigenvalue weighted by Crippen LogP contribution is -2.43. The molecule has 0 bridgehead atoms. The van der Waals surface area contributed by atoms with E-state index in [0.29, 0.717) is 20.8 Å². The molecule has 0 aliphatic heterocycles. The van der Waals surface area contributed by atoms with Crippen molar-refractivity contribution in [2.24, 2.45) is 0 Å². The normalized spacial score (nSPS) is 13.9. The van der Waals surface area contributed by atoms with Gasteiger partial charge in [0.05, 0.1) is 17.8 Å². The van der Waals surface area contributed by atoms with Crippen LogP contribution < -0.4 is 0 Å². The zero-order chi connectivity index (χ0) is 30.1. The average molecular weight is 644 g/mol. The van der Waals surface area contributed by atoms with E-state index in [1.54, 1.807) is 18.5 Å². The van der Waals surface area contributed by atoms with E-state index in [2.05, 4.69) is 20.3 Å². The molecule has 2 unspecified atom stereocenters. The molecule has 0 radical (unpaired) electrons. The summed E-state index contributed by atoms with van der Waals surface area (Å²) in [5.41, 5.74) is -0.0894. The Morgan fingerprint density at radius 3 is 2.46 bits per heavy atom. The number of esters is 3. The zero-order valence-electron chi connectivity index (χ0n) is 22.1. The molecule has 0 spiro atoms. The van der Waals surface area contributed by atoms with Gasteiger partial charge in [0.1, 0.15) is 41.7 Å². The van der Waals surface area contributed by atoms with Gasteiger partial charge in [-0.25, -0.2) is 14.6 Å². The number of aromatic nitrogens is 5. The van der Waals surface area contributed by atoms with Crippen molar-refractivity contribution >= 4 is 64.2 Å². The van der Waals surface area contributed by atoms with Gasteiger partial charge in [-0.1, -0.05) is 40.2 Å². The summed E-state index contributed by atoms with van der Waals surface area (Å²) in [6.07, 6.45) is -0.0330. The molecule has 17 heteroatoms. The molecule has 0 N–H and O–H groups in total. The van der Waals surface area contributed by atoms with E-state index in [1.165, 1.54) is 49.1 Å². The van der Waals surface area contributed by atoms with Crippen molar-refractivity contribution in [1.82, 2.24) is 25.0 Å². The molecule has 3 heterocycles. The molecule has 3 aromatic heterocycles. The van der Waals surface area contributed by atoms with E-state index in [-0.39, 0.29) is 23.9 Å². The second-order valence-corrected chi connectivity index (χ2v) is 11.4. The van der Waals surface area contributed by atoms with Crippen LogP contribution in [-0.4, -0.2) is 73.2 Å². The van der Waals surface area contributed by atoms with Gasteiger partial charge < -0.3 is 18.9 Å². The van der Waals surface area contributed by atoms with Gasteiger partial charge in [-0.15, -0.1) is 16.4 Å². The fourth-order valence-corrected chi connectivity index (χ4v) is 5.48. The number of rotatable bonds is 13. The number of carbonyl (C=O) groups excluding carboxylic acids is 3. The maximum atomic E-state index is 12.2. The second-order valence-electron chi connectivity index (χ2n) is 8.35. The fourth-order valence-electron chi connectivity index (χ4n) is 3.36. The Morgan fingerprint density at radius 1 is 1.12 bits per heavy atom. The Hall–Kier alpha value is -3.29. The summed E-state index contributed by atoms with van der Waals surface area (Å²) in [6.45, 7) is 4.88. The second kappa shape index (κ2) is 15.1. The third-order valence-electron chi connectivity index (χ3n) is 5.07. The quantitative estimate of drug-likeness (QED) is 0.114. The summed E-state index contributed by atoms with van der Waals surface area (Å²) in [5, 5.41) is 19.8. The number of hydrogen-bond donors (Lipinski definition) is 0. The first kappa shape index (κ1) is 32.2. The van der Waals surface area contributed by atoms with E-state index in [4.69, 9.17) is 42.1 Å². The Bertz CT molecular complexity index is 1430. The number of nitriles is 1. The van der Waals surface area contributed by atoms with Crippen LogP contribution in [0.2, 0.25) is 9.49 Å². The number of nitrogens with zero attached hydrogens (tertiary/aromatic N) is 6. The van der Waals surface area contributed by atoms with Crippen molar-refractivity contribution in [2.75, 3.05) is 6.61 Å². The van der Waals surface area contributed by atoms with Gasteiger partial charge in [0, 0.05) is 37.2 Å². The van der Waals surface area contributed by atoms with Crippen LogP contribution in [0.5, 0.6) is 0 Å². The van der Waals surface area contributed by atoms with E-state index in [1.807, 2.05) is 6.07 Å². The Kier molecular flexibility index (Phi) is 11.9. The Balaban J connectivity index is 2.00. The van der Waals surface area contributed by atoms with Crippen molar-refractivity contribution in [2.45, 2.75) is 62.9 Å². The third kappa shape index (κ3) is 9.94. The summed E-state index contributed by atoms with van der Waals surface area (Å²) in [4.78, 5) is 44.0. The topological polar surface area (TPSA) is 168 Å². The maximum Gasteiger partial charge on any atom is 0.303 e. The molecule has 0 aliphatic carbocycles. The van der Waals surface area contributed by atoms with E-state index in [9.17, 15) is 19.6 Å². The average Bonchev–Trinajstić information content (AvgIpc) is 3.53. The first-order valence-electron chi connectivity index (χ1n) is 11.8. The van der Waals surface area contributed by atoms with Gasteiger partial charge >= 0.3 is 17.9 Å². The minimum Gasteiger partial charge on any atom is -0.463 e. The predicted molar refractivity (Wildman–Crippen MR) is 148 cm³/mol. The molecule has 0 aliphatic rings. The summed E-state index contributed by atoms with van der Waals surface area (Å²) in [6, 6.07) is 3.50. The van der Waals surface area contributed by atoms with Crippen LogP contribution in [0.15, 0.2) is 28.7 Å². The van der Waals surface area contributed by atoms with Crippen molar-refractivity contribution in [1.29, 1.82) is 5.26 Å². The molecule has 0 fully saturated rings. The first-order valence-corrected chi connectivity index (χ1v) is 14.3. The monoisotopic (exact) mass is 642 g/mol.